The Bertz CT molecular complexity index is 2870. The number of esters is 2. The standard InChI is InChI=1S/C34H22O22/c35-6-1-4-9(19(39)17(6)37)13-21(41)23(43)15-11-12-16(32(49)55-28(11)13)24(44)22(42)14(29(12)56-33(15)50)10-5(2-7(36)18(38)20(10)40)31(48)54-27-8(3-52-30(4)47)53-34(51)26(46)25(27)45/h1-2,8,25-27,34-46,51H,3H2. The van der Waals surface area contributed by atoms with Crippen LogP contribution >= 0.6 is 0 Å². The smallest absolute Gasteiger partial charge is 0.348 e. The molecule has 2 aromatic heterocycles. The van der Waals surface area contributed by atoms with Crippen LogP contribution in [-0.4, -0.2) is 116 Å². The summed E-state index contributed by atoms with van der Waals surface area (Å²) in [5.41, 5.74) is -11.7. The van der Waals surface area contributed by atoms with Crippen molar-refractivity contribution < 1.29 is 99.0 Å². The van der Waals surface area contributed by atoms with Gasteiger partial charge in [0, 0.05) is 21.9 Å². The molecule has 1 fully saturated rings. The van der Waals surface area contributed by atoms with E-state index in [2.05, 4.69) is 0 Å². The number of aromatic hydroxyl groups is 10. The summed E-state index contributed by atoms with van der Waals surface area (Å²) in [6.45, 7) is -1.15. The molecule has 56 heavy (non-hydrogen) atoms. The molecule has 2 aliphatic rings. The van der Waals surface area contributed by atoms with E-state index in [0.717, 1.165) is 0 Å². The zero-order chi connectivity index (χ0) is 40.6. The highest BCUT2D eigenvalue weighted by molar-refractivity contribution is 6.29. The van der Waals surface area contributed by atoms with Crippen molar-refractivity contribution in [1.82, 2.24) is 0 Å². The van der Waals surface area contributed by atoms with Crippen molar-refractivity contribution >= 4 is 44.6 Å². The summed E-state index contributed by atoms with van der Waals surface area (Å²) in [5, 5.41) is 137. The van der Waals surface area contributed by atoms with Crippen LogP contribution in [0.25, 0.3) is 55.0 Å². The summed E-state index contributed by atoms with van der Waals surface area (Å²) in [5.74, 6) is -17.2. The van der Waals surface area contributed by atoms with E-state index in [1.807, 2.05) is 0 Å². The van der Waals surface area contributed by atoms with Gasteiger partial charge in [0.1, 0.15) is 35.7 Å². The Morgan fingerprint density at radius 3 is 1.39 bits per heavy atom. The number of carbonyl (C=O) groups excluding carboxylic acids is 2. The van der Waals surface area contributed by atoms with E-state index in [1.165, 1.54) is 0 Å². The molecule has 2 aliphatic heterocycles. The number of ether oxygens (including phenoxy) is 3. The molecule has 13 N–H and O–H groups in total. The van der Waals surface area contributed by atoms with Gasteiger partial charge in [-0.3, -0.25) is 0 Å². The van der Waals surface area contributed by atoms with Crippen LogP contribution in [0, 0.1) is 0 Å². The normalized spacial score (nSPS) is 21.3. The number of benzene rings is 4. The van der Waals surface area contributed by atoms with E-state index >= 15 is 0 Å². The molecule has 4 aromatic carbocycles. The minimum atomic E-state index is -2.28. The second kappa shape index (κ2) is 11.8. The predicted molar refractivity (Wildman–Crippen MR) is 177 cm³/mol. The number of hydrogen-bond acceptors (Lipinski definition) is 22. The number of rotatable bonds is 0. The molecule has 6 bridgehead atoms. The number of phenolic OH excluding ortho intramolecular Hbond substituents is 10. The first-order chi connectivity index (χ1) is 26.4. The van der Waals surface area contributed by atoms with Gasteiger partial charge in [0.05, 0.1) is 22.3 Å². The molecule has 0 spiro atoms. The van der Waals surface area contributed by atoms with Gasteiger partial charge in [-0.25, -0.2) is 19.2 Å². The fourth-order valence-corrected chi connectivity index (χ4v) is 6.97. The molecule has 6 aromatic rings. The number of fused-ring (bicyclic) bond motifs is 5. The lowest BCUT2D eigenvalue weighted by Crippen LogP contribution is -2.60. The van der Waals surface area contributed by atoms with Crippen molar-refractivity contribution in [2.24, 2.45) is 0 Å². The van der Waals surface area contributed by atoms with Gasteiger partial charge >= 0.3 is 23.2 Å². The summed E-state index contributed by atoms with van der Waals surface area (Å²) in [4.78, 5) is 55.1. The minimum Gasteiger partial charge on any atom is -0.504 e. The Kier molecular flexibility index (Phi) is 7.50. The molecule has 0 radical (unpaired) electrons. The maximum absolute atomic E-state index is 14.0. The Labute approximate surface area is 304 Å². The Balaban J connectivity index is 1.62. The van der Waals surface area contributed by atoms with Gasteiger partial charge in [-0.15, -0.1) is 0 Å². The highest BCUT2D eigenvalue weighted by Crippen LogP contribution is 2.58. The van der Waals surface area contributed by atoms with E-state index in [1.54, 1.807) is 0 Å². The number of aliphatic hydroxyl groups excluding tert-OH is 3. The fraction of sp³-hybridized carbons (Fsp3) is 0.176. The minimum absolute atomic E-state index is 0.429. The monoisotopic (exact) mass is 782 g/mol. The number of carbonyl (C=O) groups is 2. The molecular formula is C34H22O22. The predicted octanol–water partition coefficient (Wildman–Crippen LogP) is 0.0152. The third-order valence-electron chi connectivity index (χ3n) is 9.58. The van der Waals surface area contributed by atoms with Gasteiger partial charge in [-0.2, -0.15) is 0 Å². The maximum Gasteiger partial charge on any atom is 0.348 e. The van der Waals surface area contributed by atoms with E-state index in [4.69, 9.17) is 23.0 Å². The van der Waals surface area contributed by atoms with Crippen molar-refractivity contribution in [2.45, 2.75) is 30.7 Å². The molecule has 22 nitrogen and oxygen atoms in total. The lowest BCUT2D eigenvalue weighted by atomic mass is 9.89. The maximum atomic E-state index is 14.0. The number of phenols is 10. The number of hydrogen-bond donors (Lipinski definition) is 13. The first-order valence-corrected chi connectivity index (χ1v) is 15.7. The SMILES string of the molecule is O=C1OCC2OC(O)C(O)C(O)C2OC(=O)c2cc(O)c(O)c(O)c2-c2c(O)c(O)c3c(=O)oc4c(c(O)c(O)c5c(=O)oc2c3c45)-c2c1cc(O)c(O)c2O. The van der Waals surface area contributed by atoms with Crippen LogP contribution < -0.4 is 11.3 Å². The Morgan fingerprint density at radius 2 is 0.929 bits per heavy atom. The molecule has 0 saturated carbocycles. The molecule has 5 unspecified atom stereocenters. The number of aliphatic hydroxyl groups is 3. The second-order valence-corrected chi connectivity index (χ2v) is 12.6. The second-order valence-electron chi connectivity index (χ2n) is 12.6. The van der Waals surface area contributed by atoms with Gasteiger partial charge < -0.3 is 89.4 Å². The summed E-state index contributed by atoms with van der Waals surface area (Å²) < 4.78 is 26.5. The quantitative estimate of drug-likeness (QED) is 0.0418. The molecule has 290 valence electrons. The third kappa shape index (κ3) is 4.57. The lowest BCUT2D eigenvalue weighted by molar-refractivity contribution is -0.285. The summed E-state index contributed by atoms with van der Waals surface area (Å²) in [7, 11) is 0. The lowest BCUT2D eigenvalue weighted by Gasteiger charge is -2.40. The molecule has 22 heteroatoms. The van der Waals surface area contributed by atoms with E-state index < -0.39 is 184 Å². The van der Waals surface area contributed by atoms with Crippen LogP contribution in [0.15, 0.2) is 30.6 Å². The summed E-state index contributed by atoms with van der Waals surface area (Å²) in [6.07, 6.45) is -10.8. The topological polar surface area (TPSA) is 385 Å². The van der Waals surface area contributed by atoms with Crippen LogP contribution in [0.4, 0.5) is 0 Å². The highest BCUT2D eigenvalue weighted by Gasteiger charge is 2.48. The van der Waals surface area contributed by atoms with Gasteiger partial charge in [0.2, 0.25) is 11.5 Å². The van der Waals surface area contributed by atoms with Crippen LogP contribution in [0.1, 0.15) is 20.7 Å². The van der Waals surface area contributed by atoms with Gasteiger partial charge in [-0.1, -0.05) is 0 Å². The van der Waals surface area contributed by atoms with Gasteiger partial charge in [-0.05, 0) is 12.1 Å². The molecule has 0 amide bonds. The number of cyclic esters (lactones) is 1. The van der Waals surface area contributed by atoms with E-state index in [9.17, 15) is 85.6 Å². The molecule has 5 atom stereocenters. The van der Waals surface area contributed by atoms with Crippen molar-refractivity contribution in [3.8, 4) is 79.7 Å². The van der Waals surface area contributed by atoms with Crippen LogP contribution in [-0.2, 0) is 14.2 Å². The van der Waals surface area contributed by atoms with Crippen molar-refractivity contribution in [3.63, 3.8) is 0 Å². The molecule has 1 saturated heterocycles. The molecule has 8 rings (SSSR count). The zero-order valence-corrected chi connectivity index (χ0v) is 27.2. The zero-order valence-electron chi connectivity index (χ0n) is 27.2. The average molecular weight is 783 g/mol. The largest absolute Gasteiger partial charge is 0.504 e. The van der Waals surface area contributed by atoms with Gasteiger partial charge in [0.15, 0.2) is 69.6 Å². The van der Waals surface area contributed by atoms with Crippen molar-refractivity contribution in [1.29, 1.82) is 0 Å². The van der Waals surface area contributed by atoms with Crippen LogP contribution in [0.2, 0.25) is 0 Å². The van der Waals surface area contributed by atoms with Crippen LogP contribution in [0.5, 0.6) is 57.5 Å². The van der Waals surface area contributed by atoms with Crippen molar-refractivity contribution in [3.05, 3.63) is 44.1 Å². The summed E-state index contributed by atoms with van der Waals surface area (Å²) >= 11 is 0. The fourth-order valence-electron chi connectivity index (χ4n) is 6.97. The van der Waals surface area contributed by atoms with Gasteiger partial charge in [0.25, 0.3) is 0 Å². The highest BCUT2D eigenvalue weighted by atomic mass is 16.7. The molecule has 0 aliphatic carbocycles. The van der Waals surface area contributed by atoms with E-state index in [0.29, 0.717) is 12.1 Å². The summed E-state index contributed by atoms with van der Waals surface area (Å²) in [6, 6.07) is 0.896. The molecule has 4 heterocycles. The van der Waals surface area contributed by atoms with E-state index in [-0.39, 0.29) is 0 Å². The van der Waals surface area contributed by atoms with Crippen molar-refractivity contribution in [2.75, 3.05) is 6.61 Å². The molecular weight excluding hydrogens is 760 g/mol. The first-order valence-electron chi connectivity index (χ1n) is 15.7. The first kappa shape index (κ1) is 35.6. The van der Waals surface area contributed by atoms with Crippen LogP contribution in [0.3, 0.4) is 0 Å². The Morgan fingerprint density at radius 1 is 0.500 bits per heavy atom. The average Bonchev–Trinajstić information content (AvgIpc) is 3.15. The Hall–Kier alpha value is -7.40. The third-order valence-corrected chi connectivity index (χ3v) is 9.58.